The van der Waals surface area contributed by atoms with Gasteiger partial charge < -0.3 is 9.88 Å². The number of halogens is 1. The molecule has 0 atom stereocenters. The van der Waals surface area contributed by atoms with E-state index in [1.54, 1.807) is 30.9 Å². The Bertz CT molecular complexity index is 693. The van der Waals surface area contributed by atoms with Crippen LogP contribution in [0.5, 0.6) is 0 Å². The number of hydrogen-bond acceptors (Lipinski definition) is 3. The van der Waals surface area contributed by atoms with Crippen molar-refractivity contribution in [3.8, 4) is 0 Å². The molecule has 20 heavy (non-hydrogen) atoms. The summed E-state index contributed by atoms with van der Waals surface area (Å²) in [6, 6.07) is 6.77. The minimum absolute atomic E-state index is 0.176. The van der Waals surface area contributed by atoms with Gasteiger partial charge in [0.05, 0.1) is 0 Å². The molecule has 0 radical (unpaired) electrons. The molecule has 2 aromatic rings. The predicted octanol–water partition coefficient (Wildman–Crippen LogP) is 1.68. The van der Waals surface area contributed by atoms with E-state index in [1.807, 2.05) is 0 Å². The van der Waals surface area contributed by atoms with Gasteiger partial charge in [0, 0.05) is 31.2 Å². The molecule has 0 saturated heterocycles. The Balaban J connectivity index is 2.26. The number of nitrogens with one attached hydrogen (secondary N) is 2. The van der Waals surface area contributed by atoms with Gasteiger partial charge in [-0.2, -0.15) is 0 Å². The van der Waals surface area contributed by atoms with Gasteiger partial charge in [-0.05, 0) is 37.4 Å². The fraction of sp³-hybridized carbons (Fsp3) is 0.231. The van der Waals surface area contributed by atoms with Crippen molar-refractivity contribution in [2.45, 2.75) is 11.4 Å². The first-order valence-corrected chi connectivity index (χ1v) is 7.49. The second kappa shape index (κ2) is 5.64. The Hall–Kier alpha value is -1.86. The Morgan fingerprint density at radius 1 is 1.25 bits per heavy atom. The first-order chi connectivity index (χ1) is 9.42. The summed E-state index contributed by atoms with van der Waals surface area (Å²) in [7, 11) is -0.0963. The van der Waals surface area contributed by atoms with Gasteiger partial charge >= 0.3 is 0 Å². The molecule has 2 rings (SSSR count). The van der Waals surface area contributed by atoms with Crippen LogP contribution in [0, 0.1) is 5.82 Å². The molecule has 0 unspecified atom stereocenters. The van der Waals surface area contributed by atoms with Crippen LogP contribution in [0.15, 0.2) is 41.4 Å². The quantitative estimate of drug-likeness (QED) is 0.882. The van der Waals surface area contributed by atoms with Gasteiger partial charge in [-0.3, -0.25) is 4.72 Å². The maximum absolute atomic E-state index is 12.8. The third-order valence-corrected chi connectivity index (χ3v) is 4.20. The maximum atomic E-state index is 12.8. The highest BCUT2D eigenvalue weighted by Crippen LogP contribution is 2.18. The fourth-order valence-corrected chi connectivity index (χ4v) is 2.97. The van der Waals surface area contributed by atoms with Crippen LogP contribution in [-0.2, 0) is 23.6 Å². The third-order valence-electron chi connectivity index (χ3n) is 2.85. The van der Waals surface area contributed by atoms with Gasteiger partial charge in [-0.1, -0.05) is 0 Å². The standard InChI is InChI=1S/C13H16FN3O2S/c1-15-8-12-7-13(9-17(12)2)20(18,19)16-11-5-3-10(14)4-6-11/h3-7,9,15-16H,8H2,1-2H3. The monoisotopic (exact) mass is 297 g/mol. The predicted molar refractivity (Wildman–Crippen MR) is 75.4 cm³/mol. The highest BCUT2D eigenvalue weighted by Gasteiger charge is 2.17. The summed E-state index contributed by atoms with van der Waals surface area (Å²) in [5.74, 6) is -0.413. The molecule has 7 heteroatoms. The van der Waals surface area contributed by atoms with Crippen molar-refractivity contribution in [3.05, 3.63) is 48.0 Å². The number of aromatic nitrogens is 1. The highest BCUT2D eigenvalue weighted by atomic mass is 32.2. The summed E-state index contributed by atoms with van der Waals surface area (Å²) in [6.45, 7) is 0.572. The van der Waals surface area contributed by atoms with Gasteiger partial charge in [0.25, 0.3) is 10.0 Å². The highest BCUT2D eigenvalue weighted by molar-refractivity contribution is 7.92. The maximum Gasteiger partial charge on any atom is 0.263 e. The van der Waals surface area contributed by atoms with Crippen molar-refractivity contribution in [3.63, 3.8) is 0 Å². The van der Waals surface area contributed by atoms with Crippen LogP contribution in [0.4, 0.5) is 10.1 Å². The molecule has 1 heterocycles. The van der Waals surface area contributed by atoms with E-state index in [-0.39, 0.29) is 4.90 Å². The summed E-state index contributed by atoms with van der Waals surface area (Å²) >= 11 is 0. The zero-order valence-corrected chi connectivity index (χ0v) is 12.0. The lowest BCUT2D eigenvalue weighted by molar-refractivity contribution is 0.601. The van der Waals surface area contributed by atoms with E-state index in [4.69, 9.17) is 0 Å². The summed E-state index contributed by atoms with van der Waals surface area (Å²) in [5.41, 5.74) is 1.18. The number of anilines is 1. The minimum atomic E-state index is -3.67. The second-order valence-corrected chi connectivity index (χ2v) is 6.10. The zero-order chi connectivity index (χ0) is 14.8. The number of aryl methyl sites for hydroxylation is 1. The van der Waals surface area contributed by atoms with Crippen molar-refractivity contribution < 1.29 is 12.8 Å². The molecule has 108 valence electrons. The molecule has 0 spiro atoms. The van der Waals surface area contributed by atoms with Crippen molar-refractivity contribution in [2.75, 3.05) is 11.8 Å². The minimum Gasteiger partial charge on any atom is -0.352 e. The molecule has 0 aliphatic rings. The fourth-order valence-electron chi connectivity index (χ4n) is 1.81. The van der Waals surface area contributed by atoms with E-state index < -0.39 is 15.8 Å². The lowest BCUT2D eigenvalue weighted by atomic mass is 10.3. The normalized spacial score (nSPS) is 11.6. The molecule has 5 nitrogen and oxygen atoms in total. The molecule has 0 aliphatic carbocycles. The van der Waals surface area contributed by atoms with E-state index in [1.165, 1.54) is 24.3 Å². The van der Waals surface area contributed by atoms with Crippen molar-refractivity contribution in [2.24, 2.45) is 7.05 Å². The zero-order valence-electron chi connectivity index (χ0n) is 11.2. The summed E-state index contributed by atoms with van der Waals surface area (Å²) in [4.78, 5) is 0.176. The molecule has 1 aromatic heterocycles. The van der Waals surface area contributed by atoms with Crippen LogP contribution in [-0.4, -0.2) is 20.0 Å². The van der Waals surface area contributed by atoms with Crippen LogP contribution >= 0.6 is 0 Å². The summed E-state index contributed by atoms with van der Waals surface area (Å²) in [5, 5.41) is 2.97. The molecular weight excluding hydrogens is 281 g/mol. The number of sulfonamides is 1. The van der Waals surface area contributed by atoms with Gasteiger partial charge in [-0.25, -0.2) is 12.8 Å². The lowest BCUT2D eigenvalue weighted by Gasteiger charge is -2.05. The van der Waals surface area contributed by atoms with Crippen LogP contribution in [0.1, 0.15) is 5.69 Å². The summed E-state index contributed by atoms with van der Waals surface area (Å²) < 4.78 is 41.4. The molecular formula is C13H16FN3O2S. The van der Waals surface area contributed by atoms with Crippen molar-refractivity contribution in [1.29, 1.82) is 0 Å². The topological polar surface area (TPSA) is 63.1 Å². The molecule has 0 fully saturated rings. The van der Waals surface area contributed by atoms with E-state index >= 15 is 0 Å². The average molecular weight is 297 g/mol. The van der Waals surface area contributed by atoms with Crippen molar-refractivity contribution in [1.82, 2.24) is 9.88 Å². The van der Waals surface area contributed by atoms with E-state index in [9.17, 15) is 12.8 Å². The van der Waals surface area contributed by atoms with Crippen LogP contribution in [0.3, 0.4) is 0 Å². The molecule has 0 aliphatic heterocycles. The van der Waals surface area contributed by atoms with Crippen LogP contribution in [0.2, 0.25) is 0 Å². The second-order valence-electron chi connectivity index (χ2n) is 4.42. The van der Waals surface area contributed by atoms with Crippen molar-refractivity contribution >= 4 is 15.7 Å². The lowest BCUT2D eigenvalue weighted by Crippen LogP contribution is -2.12. The largest absolute Gasteiger partial charge is 0.352 e. The SMILES string of the molecule is CNCc1cc(S(=O)(=O)Nc2ccc(F)cc2)cn1C. The molecule has 0 saturated carbocycles. The number of hydrogen-bond donors (Lipinski definition) is 2. The van der Waals surface area contributed by atoms with E-state index in [2.05, 4.69) is 10.0 Å². The van der Waals surface area contributed by atoms with Gasteiger partial charge in [0.2, 0.25) is 0 Å². The average Bonchev–Trinajstić information content (AvgIpc) is 2.75. The smallest absolute Gasteiger partial charge is 0.263 e. The van der Waals surface area contributed by atoms with E-state index in [0.717, 1.165) is 5.69 Å². The molecule has 2 N–H and O–H groups in total. The Morgan fingerprint density at radius 3 is 2.50 bits per heavy atom. The first kappa shape index (κ1) is 14.5. The molecule has 0 bridgehead atoms. The number of rotatable bonds is 5. The first-order valence-electron chi connectivity index (χ1n) is 6.00. The number of benzene rings is 1. The Morgan fingerprint density at radius 2 is 1.90 bits per heavy atom. The van der Waals surface area contributed by atoms with Gasteiger partial charge in [0.15, 0.2) is 0 Å². The van der Waals surface area contributed by atoms with E-state index in [0.29, 0.717) is 12.2 Å². The number of nitrogens with zero attached hydrogens (tertiary/aromatic N) is 1. The van der Waals surface area contributed by atoms with Gasteiger partial charge in [-0.15, -0.1) is 0 Å². The Kier molecular flexibility index (Phi) is 4.10. The van der Waals surface area contributed by atoms with Crippen LogP contribution in [0.25, 0.3) is 0 Å². The van der Waals surface area contributed by atoms with Gasteiger partial charge in [0.1, 0.15) is 10.7 Å². The third kappa shape index (κ3) is 3.17. The molecule has 0 amide bonds. The molecule has 1 aromatic carbocycles. The van der Waals surface area contributed by atoms with Crippen LogP contribution < -0.4 is 10.0 Å². The Labute approximate surface area is 117 Å². The summed E-state index contributed by atoms with van der Waals surface area (Å²) in [6.07, 6.45) is 1.54.